The lowest BCUT2D eigenvalue weighted by Crippen LogP contribution is -2.22. The number of hydrogen-bond acceptors (Lipinski definition) is 2. The fourth-order valence-electron chi connectivity index (χ4n) is 1.69. The van der Waals surface area contributed by atoms with Crippen LogP contribution in [0.2, 0.25) is 5.02 Å². The van der Waals surface area contributed by atoms with Crippen LogP contribution >= 0.6 is 11.6 Å². The van der Waals surface area contributed by atoms with Gasteiger partial charge in [0, 0.05) is 7.05 Å². The van der Waals surface area contributed by atoms with E-state index in [0.717, 1.165) is 35.9 Å². The minimum atomic E-state index is 0.581. The molecule has 0 saturated heterocycles. The molecule has 3 nitrogen and oxygen atoms in total. The van der Waals surface area contributed by atoms with E-state index in [1.165, 1.54) is 0 Å². The summed E-state index contributed by atoms with van der Waals surface area (Å²) in [6.45, 7) is 8.33. The first-order valence-electron chi connectivity index (χ1n) is 5.45. The Morgan fingerprint density at radius 1 is 1.53 bits per heavy atom. The molecule has 0 spiro atoms. The van der Waals surface area contributed by atoms with Gasteiger partial charge in [-0.2, -0.15) is 5.10 Å². The maximum atomic E-state index is 6.19. The van der Waals surface area contributed by atoms with Crippen molar-refractivity contribution in [1.82, 2.24) is 15.1 Å². The molecule has 1 unspecified atom stereocenters. The molecule has 0 aliphatic heterocycles. The maximum absolute atomic E-state index is 6.19. The number of nitrogens with one attached hydrogen (secondary N) is 1. The van der Waals surface area contributed by atoms with Crippen LogP contribution in [0.25, 0.3) is 0 Å². The van der Waals surface area contributed by atoms with Crippen LogP contribution in [0.4, 0.5) is 0 Å². The number of hydrogen-bond donors (Lipinski definition) is 1. The first kappa shape index (κ1) is 12.5. The molecule has 0 aromatic carbocycles. The van der Waals surface area contributed by atoms with Gasteiger partial charge in [-0.1, -0.05) is 25.4 Å². The Hall–Kier alpha value is -0.540. The van der Waals surface area contributed by atoms with Gasteiger partial charge < -0.3 is 5.32 Å². The molecule has 1 aromatic rings. The molecule has 1 N–H and O–H groups in total. The molecule has 0 aliphatic carbocycles. The summed E-state index contributed by atoms with van der Waals surface area (Å²) in [5, 5.41) is 8.47. The summed E-state index contributed by atoms with van der Waals surface area (Å²) in [6, 6.07) is 0. The van der Waals surface area contributed by atoms with Crippen molar-refractivity contribution in [3.63, 3.8) is 0 Å². The van der Waals surface area contributed by atoms with Crippen molar-refractivity contribution in [3.8, 4) is 0 Å². The molecule has 86 valence electrons. The summed E-state index contributed by atoms with van der Waals surface area (Å²) in [5.41, 5.74) is 2.06. The van der Waals surface area contributed by atoms with Crippen molar-refractivity contribution in [2.75, 3.05) is 13.1 Å². The molecule has 0 saturated carbocycles. The van der Waals surface area contributed by atoms with E-state index in [0.29, 0.717) is 5.92 Å². The van der Waals surface area contributed by atoms with Crippen LogP contribution in [0.1, 0.15) is 25.2 Å². The van der Waals surface area contributed by atoms with Crippen LogP contribution in [0.15, 0.2) is 0 Å². The molecule has 0 radical (unpaired) electrons. The number of aromatic nitrogens is 2. The summed E-state index contributed by atoms with van der Waals surface area (Å²) >= 11 is 6.19. The lowest BCUT2D eigenvalue weighted by atomic mass is 10.1. The zero-order valence-electron chi connectivity index (χ0n) is 9.97. The van der Waals surface area contributed by atoms with Gasteiger partial charge in [0.25, 0.3) is 0 Å². The topological polar surface area (TPSA) is 29.9 Å². The van der Waals surface area contributed by atoms with Gasteiger partial charge in [-0.15, -0.1) is 0 Å². The van der Waals surface area contributed by atoms with Gasteiger partial charge >= 0.3 is 0 Å². The molecule has 1 atom stereocenters. The third kappa shape index (κ3) is 3.21. The number of nitrogens with zero attached hydrogens (tertiary/aromatic N) is 2. The molecule has 15 heavy (non-hydrogen) atoms. The SMILES string of the molecule is CCNCC(C)Cc1c(Cl)c(C)nn1C. The fourth-order valence-corrected chi connectivity index (χ4v) is 1.93. The average Bonchev–Trinajstić information content (AvgIpc) is 2.42. The summed E-state index contributed by atoms with van der Waals surface area (Å²) in [5.74, 6) is 0.581. The standard InChI is InChI=1S/C11H20ClN3/c1-5-13-7-8(2)6-10-11(12)9(3)14-15(10)4/h8,13H,5-7H2,1-4H3. The molecule has 1 aromatic heterocycles. The van der Waals surface area contributed by atoms with Crippen molar-refractivity contribution in [3.05, 3.63) is 16.4 Å². The van der Waals surface area contributed by atoms with Gasteiger partial charge in [0.15, 0.2) is 0 Å². The van der Waals surface area contributed by atoms with Crippen LogP contribution < -0.4 is 5.32 Å². The summed E-state index contributed by atoms with van der Waals surface area (Å²) < 4.78 is 1.89. The van der Waals surface area contributed by atoms with Gasteiger partial charge in [-0.05, 0) is 32.4 Å². The van der Waals surface area contributed by atoms with E-state index in [1.807, 2.05) is 18.7 Å². The average molecular weight is 230 g/mol. The molecule has 0 bridgehead atoms. The van der Waals surface area contributed by atoms with Crippen LogP contribution in [0, 0.1) is 12.8 Å². The number of aryl methyl sites for hydroxylation is 2. The highest BCUT2D eigenvalue weighted by molar-refractivity contribution is 6.31. The van der Waals surface area contributed by atoms with Crippen molar-refractivity contribution in [1.29, 1.82) is 0 Å². The second-order valence-corrected chi connectivity index (χ2v) is 4.46. The molecule has 0 aliphatic rings. The van der Waals surface area contributed by atoms with Gasteiger partial charge in [0.2, 0.25) is 0 Å². The van der Waals surface area contributed by atoms with E-state index in [2.05, 4.69) is 24.3 Å². The molecule has 4 heteroatoms. The summed E-state index contributed by atoms with van der Waals surface area (Å²) in [6.07, 6.45) is 0.975. The van der Waals surface area contributed by atoms with Gasteiger partial charge in [0.1, 0.15) is 0 Å². The highest BCUT2D eigenvalue weighted by Gasteiger charge is 2.13. The number of rotatable bonds is 5. The molecule has 1 rings (SSSR count). The third-order valence-electron chi connectivity index (χ3n) is 2.55. The Morgan fingerprint density at radius 3 is 2.67 bits per heavy atom. The quantitative estimate of drug-likeness (QED) is 0.839. The van der Waals surface area contributed by atoms with Gasteiger partial charge in [0.05, 0.1) is 16.4 Å². The van der Waals surface area contributed by atoms with E-state index >= 15 is 0 Å². The highest BCUT2D eigenvalue weighted by Crippen LogP contribution is 2.21. The van der Waals surface area contributed by atoms with Gasteiger partial charge in [-0.3, -0.25) is 4.68 Å². The minimum absolute atomic E-state index is 0.581. The zero-order valence-corrected chi connectivity index (χ0v) is 10.7. The molecule has 1 heterocycles. The Labute approximate surface area is 96.8 Å². The lowest BCUT2D eigenvalue weighted by Gasteiger charge is -2.12. The van der Waals surface area contributed by atoms with E-state index in [9.17, 15) is 0 Å². The monoisotopic (exact) mass is 229 g/mol. The molecular formula is C11H20ClN3. The zero-order chi connectivity index (χ0) is 11.4. The van der Waals surface area contributed by atoms with Crippen molar-refractivity contribution in [2.45, 2.75) is 27.2 Å². The summed E-state index contributed by atoms with van der Waals surface area (Å²) in [4.78, 5) is 0. The Balaban J connectivity index is 2.63. The smallest absolute Gasteiger partial charge is 0.0847 e. The first-order chi connectivity index (χ1) is 7.06. The fraction of sp³-hybridized carbons (Fsp3) is 0.727. The largest absolute Gasteiger partial charge is 0.317 e. The van der Waals surface area contributed by atoms with E-state index in [1.54, 1.807) is 0 Å². The normalized spacial score (nSPS) is 13.1. The Bertz CT molecular complexity index is 320. The Morgan fingerprint density at radius 2 is 2.20 bits per heavy atom. The third-order valence-corrected chi connectivity index (χ3v) is 3.04. The van der Waals surface area contributed by atoms with Crippen LogP contribution in [-0.2, 0) is 13.5 Å². The van der Waals surface area contributed by atoms with E-state index in [4.69, 9.17) is 11.6 Å². The van der Waals surface area contributed by atoms with Crippen molar-refractivity contribution in [2.24, 2.45) is 13.0 Å². The summed E-state index contributed by atoms with van der Waals surface area (Å²) in [7, 11) is 1.95. The Kier molecular flexibility index (Phi) is 4.61. The van der Waals surface area contributed by atoms with E-state index < -0.39 is 0 Å². The second kappa shape index (κ2) is 5.52. The second-order valence-electron chi connectivity index (χ2n) is 4.09. The van der Waals surface area contributed by atoms with Crippen molar-refractivity contribution < 1.29 is 0 Å². The molecule has 0 amide bonds. The van der Waals surface area contributed by atoms with Crippen LogP contribution in [-0.4, -0.2) is 22.9 Å². The highest BCUT2D eigenvalue weighted by atomic mass is 35.5. The first-order valence-corrected chi connectivity index (χ1v) is 5.82. The molecular weight excluding hydrogens is 210 g/mol. The van der Waals surface area contributed by atoms with E-state index in [-0.39, 0.29) is 0 Å². The van der Waals surface area contributed by atoms with Gasteiger partial charge in [-0.25, -0.2) is 0 Å². The minimum Gasteiger partial charge on any atom is -0.317 e. The van der Waals surface area contributed by atoms with Crippen LogP contribution in [0.5, 0.6) is 0 Å². The predicted octanol–water partition coefficient (Wildman–Crippen LogP) is 2.17. The van der Waals surface area contributed by atoms with Crippen LogP contribution in [0.3, 0.4) is 0 Å². The molecule has 0 fully saturated rings. The number of halogens is 1. The maximum Gasteiger partial charge on any atom is 0.0847 e. The lowest BCUT2D eigenvalue weighted by molar-refractivity contribution is 0.504. The predicted molar refractivity (Wildman–Crippen MR) is 64.4 cm³/mol. The van der Waals surface area contributed by atoms with Crippen molar-refractivity contribution >= 4 is 11.6 Å².